The van der Waals surface area contributed by atoms with E-state index in [0.717, 1.165) is 22.3 Å². The second-order valence-corrected chi connectivity index (χ2v) is 3.45. The smallest absolute Gasteiger partial charge is 0.141 e. The minimum atomic E-state index is 0.612. The van der Waals surface area contributed by atoms with Crippen molar-refractivity contribution in [2.45, 2.75) is 6.54 Å². The molecule has 0 aromatic carbocycles. The highest BCUT2D eigenvalue weighted by molar-refractivity contribution is 5.89. The van der Waals surface area contributed by atoms with Crippen molar-refractivity contribution in [3.63, 3.8) is 0 Å². The SMILES string of the molecule is [CH2]Cn1cc(-c2ncnc3[nH]ccc23)cn1. The monoisotopic (exact) mass is 212 g/mol. The van der Waals surface area contributed by atoms with E-state index in [9.17, 15) is 0 Å². The number of aromatic nitrogens is 5. The fraction of sp³-hybridized carbons (Fsp3) is 0.0909. The average molecular weight is 212 g/mol. The average Bonchev–Trinajstić information content (AvgIpc) is 2.97. The summed E-state index contributed by atoms with van der Waals surface area (Å²) in [7, 11) is 0. The van der Waals surface area contributed by atoms with Crippen molar-refractivity contribution >= 4 is 11.0 Å². The Hall–Kier alpha value is -2.17. The molecule has 1 radical (unpaired) electrons. The first-order valence-corrected chi connectivity index (χ1v) is 4.98. The molecule has 0 spiro atoms. The topological polar surface area (TPSA) is 59.4 Å². The van der Waals surface area contributed by atoms with Gasteiger partial charge in [0, 0.05) is 29.9 Å². The highest BCUT2D eigenvalue weighted by Crippen LogP contribution is 2.23. The van der Waals surface area contributed by atoms with Gasteiger partial charge in [-0.15, -0.1) is 0 Å². The zero-order valence-corrected chi connectivity index (χ0v) is 8.59. The van der Waals surface area contributed by atoms with Crippen molar-refractivity contribution in [3.8, 4) is 11.3 Å². The van der Waals surface area contributed by atoms with Crippen molar-refractivity contribution in [2.75, 3.05) is 0 Å². The van der Waals surface area contributed by atoms with Gasteiger partial charge in [-0.05, 0) is 13.0 Å². The summed E-state index contributed by atoms with van der Waals surface area (Å²) in [4.78, 5) is 11.5. The highest BCUT2D eigenvalue weighted by Gasteiger charge is 2.08. The Balaban J connectivity index is 2.21. The van der Waals surface area contributed by atoms with Crippen LogP contribution >= 0.6 is 0 Å². The summed E-state index contributed by atoms with van der Waals surface area (Å²) in [6.07, 6.45) is 7.13. The van der Waals surface area contributed by atoms with Crippen LogP contribution < -0.4 is 0 Å². The zero-order chi connectivity index (χ0) is 11.0. The Kier molecular flexibility index (Phi) is 1.96. The maximum Gasteiger partial charge on any atom is 0.141 e. The molecule has 16 heavy (non-hydrogen) atoms. The lowest BCUT2D eigenvalue weighted by atomic mass is 10.2. The Labute approximate surface area is 92.2 Å². The minimum absolute atomic E-state index is 0.612. The summed E-state index contributed by atoms with van der Waals surface area (Å²) >= 11 is 0. The summed E-state index contributed by atoms with van der Waals surface area (Å²) < 4.78 is 1.77. The predicted molar refractivity (Wildman–Crippen MR) is 60.5 cm³/mol. The van der Waals surface area contributed by atoms with Crippen molar-refractivity contribution in [2.24, 2.45) is 0 Å². The van der Waals surface area contributed by atoms with Crippen LogP contribution in [0.4, 0.5) is 0 Å². The molecule has 5 heteroatoms. The van der Waals surface area contributed by atoms with Gasteiger partial charge in [0.05, 0.1) is 11.9 Å². The van der Waals surface area contributed by atoms with E-state index in [2.05, 4.69) is 27.0 Å². The molecule has 0 aliphatic carbocycles. The summed E-state index contributed by atoms with van der Waals surface area (Å²) in [5.74, 6) is 0. The summed E-state index contributed by atoms with van der Waals surface area (Å²) in [6.45, 7) is 4.39. The third kappa shape index (κ3) is 1.29. The van der Waals surface area contributed by atoms with Crippen LogP contribution in [0.5, 0.6) is 0 Å². The largest absolute Gasteiger partial charge is 0.346 e. The standard InChI is InChI=1S/C11H10N5/c1-2-16-6-8(5-15-16)10-9-3-4-12-11(9)14-7-13-10/h3-7H,1-2H2,(H,12,13,14). The molecule has 3 heterocycles. The van der Waals surface area contributed by atoms with E-state index in [-0.39, 0.29) is 0 Å². The lowest BCUT2D eigenvalue weighted by Crippen LogP contribution is -1.92. The molecule has 0 unspecified atom stereocenters. The Morgan fingerprint density at radius 3 is 3.12 bits per heavy atom. The van der Waals surface area contributed by atoms with Crippen LogP contribution in [0.2, 0.25) is 0 Å². The van der Waals surface area contributed by atoms with E-state index >= 15 is 0 Å². The van der Waals surface area contributed by atoms with Gasteiger partial charge >= 0.3 is 0 Å². The predicted octanol–water partition coefficient (Wildman–Crippen LogP) is 1.66. The molecule has 79 valence electrons. The van der Waals surface area contributed by atoms with Crippen molar-refractivity contribution in [1.29, 1.82) is 0 Å². The maximum atomic E-state index is 4.29. The van der Waals surface area contributed by atoms with Crippen LogP contribution in [0.25, 0.3) is 22.3 Å². The van der Waals surface area contributed by atoms with Gasteiger partial charge in [0.25, 0.3) is 0 Å². The molecule has 0 aliphatic heterocycles. The van der Waals surface area contributed by atoms with Gasteiger partial charge < -0.3 is 4.98 Å². The van der Waals surface area contributed by atoms with Crippen LogP contribution in [-0.4, -0.2) is 24.7 Å². The molecule has 5 nitrogen and oxygen atoms in total. The van der Waals surface area contributed by atoms with Crippen molar-refractivity contribution in [1.82, 2.24) is 24.7 Å². The minimum Gasteiger partial charge on any atom is -0.346 e. The first-order chi connectivity index (χ1) is 7.88. The van der Waals surface area contributed by atoms with E-state index in [0.29, 0.717) is 6.54 Å². The number of H-pyrrole nitrogens is 1. The lowest BCUT2D eigenvalue weighted by Gasteiger charge is -1.97. The van der Waals surface area contributed by atoms with Crippen LogP contribution in [0.15, 0.2) is 31.0 Å². The summed E-state index contributed by atoms with van der Waals surface area (Å²) in [5, 5.41) is 5.19. The molecule has 3 aromatic heterocycles. The molecule has 3 rings (SSSR count). The number of nitrogens with zero attached hydrogens (tertiary/aromatic N) is 4. The number of fused-ring (bicyclic) bond motifs is 1. The summed E-state index contributed by atoms with van der Waals surface area (Å²) in [5.41, 5.74) is 2.72. The number of nitrogens with one attached hydrogen (secondary N) is 1. The Bertz CT molecular complexity index is 622. The van der Waals surface area contributed by atoms with Crippen molar-refractivity contribution in [3.05, 3.63) is 37.9 Å². The Morgan fingerprint density at radius 1 is 1.38 bits per heavy atom. The quantitative estimate of drug-likeness (QED) is 0.702. The molecule has 0 fully saturated rings. The molecule has 1 N–H and O–H groups in total. The molecular weight excluding hydrogens is 202 g/mol. The third-order valence-electron chi connectivity index (χ3n) is 2.49. The fourth-order valence-electron chi connectivity index (χ4n) is 1.71. The van der Waals surface area contributed by atoms with E-state index < -0.39 is 0 Å². The first kappa shape index (κ1) is 9.08. The normalized spacial score (nSPS) is 11.1. The Morgan fingerprint density at radius 2 is 2.31 bits per heavy atom. The molecule has 0 saturated heterocycles. The fourth-order valence-corrected chi connectivity index (χ4v) is 1.71. The maximum absolute atomic E-state index is 4.29. The molecule has 0 aliphatic rings. The van der Waals surface area contributed by atoms with Gasteiger partial charge in [0.2, 0.25) is 0 Å². The van der Waals surface area contributed by atoms with Gasteiger partial charge in [0.1, 0.15) is 12.0 Å². The zero-order valence-electron chi connectivity index (χ0n) is 8.59. The number of hydrogen-bond donors (Lipinski definition) is 1. The van der Waals surface area contributed by atoms with Gasteiger partial charge in [-0.3, -0.25) is 4.68 Å². The van der Waals surface area contributed by atoms with Crippen LogP contribution in [0.1, 0.15) is 0 Å². The molecule has 0 bridgehead atoms. The van der Waals surface area contributed by atoms with Gasteiger partial charge in [-0.2, -0.15) is 5.10 Å². The molecule has 0 saturated carbocycles. The lowest BCUT2D eigenvalue weighted by molar-refractivity contribution is 0.699. The second kappa shape index (κ2) is 3.44. The van der Waals surface area contributed by atoms with Crippen LogP contribution in [0, 0.1) is 6.92 Å². The van der Waals surface area contributed by atoms with E-state index in [1.54, 1.807) is 17.2 Å². The highest BCUT2D eigenvalue weighted by atomic mass is 15.3. The van der Waals surface area contributed by atoms with Crippen molar-refractivity contribution < 1.29 is 0 Å². The number of rotatable bonds is 2. The van der Waals surface area contributed by atoms with Crippen LogP contribution in [-0.2, 0) is 6.54 Å². The van der Waals surface area contributed by atoms with E-state index in [1.165, 1.54) is 0 Å². The van der Waals surface area contributed by atoms with E-state index in [4.69, 9.17) is 0 Å². The second-order valence-electron chi connectivity index (χ2n) is 3.45. The van der Waals surface area contributed by atoms with Gasteiger partial charge in [-0.1, -0.05) is 0 Å². The number of aromatic amines is 1. The molecule has 0 atom stereocenters. The van der Waals surface area contributed by atoms with Crippen LogP contribution in [0.3, 0.4) is 0 Å². The van der Waals surface area contributed by atoms with E-state index in [1.807, 2.05) is 18.5 Å². The van der Waals surface area contributed by atoms with Gasteiger partial charge in [-0.25, -0.2) is 9.97 Å². The molecule has 0 amide bonds. The third-order valence-corrected chi connectivity index (χ3v) is 2.49. The number of hydrogen-bond acceptors (Lipinski definition) is 3. The molecular formula is C11H10N5. The molecule has 3 aromatic rings. The first-order valence-electron chi connectivity index (χ1n) is 4.98. The van der Waals surface area contributed by atoms with Gasteiger partial charge in [0.15, 0.2) is 0 Å². The summed E-state index contributed by atoms with van der Waals surface area (Å²) in [6, 6.07) is 1.96.